The highest BCUT2D eigenvalue weighted by Gasteiger charge is 2.34. The van der Waals surface area contributed by atoms with E-state index in [1.54, 1.807) is 24.3 Å². The van der Waals surface area contributed by atoms with E-state index in [1.165, 1.54) is 0 Å². The topological polar surface area (TPSA) is 66.8 Å². The van der Waals surface area contributed by atoms with E-state index in [-0.39, 0.29) is 0 Å². The maximum atomic E-state index is 11.6. The van der Waals surface area contributed by atoms with Crippen LogP contribution < -0.4 is 0 Å². The number of carbonyl (C=O) groups is 3. The van der Waals surface area contributed by atoms with E-state index in [1.807, 2.05) is 0 Å². The minimum Gasteiger partial charge on any atom is -0.297 e. The molecule has 1 aliphatic rings. The van der Waals surface area contributed by atoms with Crippen molar-refractivity contribution in [3.05, 3.63) is 35.4 Å². The standard InChI is InChI=1S/C10H6N2O3/c13-6-5-11-12-9(14)7-3-1-2-4-8(7)10(12)15/h1-6H. The zero-order valence-electron chi connectivity index (χ0n) is 7.58. The zero-order valence-corrected chi connectivity index (χ0v) is 7.58. The van der Waals surface area contributed by atoms with Gasteiger partial charge >= 0.3 is 0 Å². The van der Waals surface area contributed by atoms with Gasteiger partial charge in [0.1, 0.15) is 0 Å². The summed E-state index contributed by atoms with van der Waals surface area (Å²) >= 11 is 0. The molecule has 0 saturated carbocycles. The first kappa shape index (κ1) is 9.26. The molecule has 15 heavy (non-hydrogen) atoms. The van der Waals surface area contributed by atoms with Gasteiger partial charge in [-0.1, -0.05) is 12.1 Å². The molecule has 0 bridgehead atoms. The molecule has 2 rings (SSSR count). The Morgan fingerprint density at radius 1 is 1.07 bits per heavy atom. The van der Waals surface area contributed by atoms with E-state index in [4.69, 9.17) is 0 Å². The number of hydrazone groups is 1. The van der Waals surface area contributed by atoms with Crippen LogP contribution in [0, 0.1) is 0 Å². The summed E-state index contributed by atoms with van der Waals surface area (Å²) in [6, 6.07) is 6.42. The maximum Gasteiger partial charge on any atom is 0.282 e. The molecule has 0 spiro atoms. The van der Waals surface area contributed by atoms with Crippen LogP contribution >= 0.6 is 0 Å². The van der Waals surface area contributed by atoms with Gasteiger partial charge in [-0.2, -0.15) is 10.1 Å². The summed E-state index contributed by atoms with van der Waals surface area (Å²) < 4.78 is 0. The first-order valence-corrected chi connectivity index (χ1v) is 4.21. The van der Waals surface area contributed by atoms with Crippen LogP contribution in [0.1, 0.15) is 20.7 Å². The van der Waals surface area contributed by atoms with Gasteiger partial charge in [-0.05, 0) is 12.1 Å². The van der Waals surface area contributed by atoms with Crippen molar-refractivity contribution in [2.24, 2.45) is 5.10 Å². The minimum absolute atomic E-state index is 0.311. The lowest BCUT2D eigenvalue weighted by Crippen LogP contribution is -2.23. The highest BCUT2D eigenvalue weighted by atomic mass is 16.2. The largest absolute Gasteiger partial charge is 0.297 e. The van der Waals surface area contributed by atoms with E-state index in [0.717, 1.165) is 6.21 Å². The van der Waals surface area contributed by atoms with Crippen LogP contribution in [-0.2, 0) is 4.79 Å². The number of imide groups is 1. The molecule has 74 valence electrons. The van der Waals surface area contributed by atoms with E-state index in [0.29, 0.717) is 22.4 Å². The van der Waals surface area contributed by atoms with E-state index in [2.05, 4.69) is 5.10 Å². The molecule has 0 saturated heterocycles. The first-order valence-electron chi connectivity index (χ1n) is 4.21. The summed E-state index contributed by atoms with van der Waals surface area (Å²) in [5, 5.41) is 4.14. The Kier molecular flexibility index (Phi) is 2.13. The van der Waals surface area contributed by atoms with E-state index >= 15 is 0 Å². The summed E-state index contributed by atoms with van der Waals surface area (Å²) in [6.07, 6.45) is 1.27. The van der Waals surface area contributed by atoms with Gasteiger partial charge in [0.2, 0.25) is 0 Å². The predicted octanol–water partition coefficient (Wildman–Crippen LogP) is 0.467. The minimum atomic E-state index is -0.506. The number of hydrogen-bond donors (Lipinski definition) is 0. The summed E-state index contributed by atoms with van der Waals surface area (Å²) in [4.78, 5) is 33.2. The second-order valence-corrected chi connectivity index (χ2v) is 2.87. The molecule has 0 atom stereocenters. The Hall–Kier alpha value is -2.30. The Labute approximate surface area is 85.0 Å². The van der Waals surface area contributed by atoms with Crippen LogP contribution in [0.25, 0.3) is 0 Å². The predicted molar refractivity (Wildman–Crippen MR) is 51.5 cm³/mol. The number of hydrogen-bond acceptors (Lipinski definition) is 4. The highest BCUT2D eigenvalue weighted by molar-refractivity contribution is 6.22. The summed E-state index contributed by atoms with van der Waals surface area (Å²) in [6.45, 7) is 0. The number of carbonyl (C=O) groups excluding carboxylic acids is 3. The molecular weight excluding hydrogens is 196 g/mol. The van der Waals surface area contributed by atoms with Crippen molar-refractivity contribution in [2.75, 3.05) is 0 Å². The van der Waals surface area contributed by atoms with E-state index < -0.39 is 11.8 Å². The lowest BCUT2D eigenvalue weighted by molar-refractivity contribution is -0.102. The molecule has 0 aromatic heterocycles. The first-order chi connectivity index (χ1) is 7.25. The molecular formula is C10H6N2O3. The van der Waals surface area contributed by atoms with Gasteiger partial charge in [0.25, 0.3) is 11.8 Å². The number of nitrogens with zero attached hydrogens (tertiary/aromatic N) is 2. The molecule has 1 aliphatic heterocycles. The fourth-order valence-corrected chi connectivity index (χ4v) is 1.38. The van der Waals surface area contributed by atoms with Crippen molar-refractivity contribution in [1.82, 2.24) is 5.01 Å². The molecule has 0 unspecified atom stereocenters. The van der Waals surface area contributed by atoms with Gasteiger partial charge in [0.05, 0.1) is 17.3 Å². The van der Waals surface area contributed by atoms with Crippen LogP contribution in [0.5, 0.6) is 0 Å². The van der Waals surface area contributed by atoms with Gasteiger partial charge in [-0.25, -0.2) is 0 Å². The average molecular weight is 202 g/mol. The van der Waals surface area contributed by atoms with Gasteiger partial charge in [0, 0.05) is 0 Å². The number of amides is 2. The van der Waals surface area contributed by atoms with Gasteiger partial charge in [-0.15, -0.1) is 0 Å². The molecule has 2 amide bonds. The molecule has 0 N–H and O–H groups in total. The third kappa shape index (κ3) is 1.34. The van der Waals surface area contributed by atoms with Crippen molar-refractivity contribution < 1.29 is 14.4 Å². The molecule has 5 nitrogen and oxygen atoms in total. The third-order valence-corrected chi connectivity index (χ3v) is 2.02. The molecule has 0 aliphatic carbocycles. The van der Waals surface area contributed by atoms with Crippen molar-refractivity contribution in [3.63, 3.8) is 0 Å². The van der Waals surface area contributed by atoms with Gasteiger partial charge in [-0.3, -0.25) is 14.4 Å². The smallest absolute Gasteiger partial charge is 0.282 e. The second-order valence-electron chi connectivity index (χ2n) is 2.87. The molecule has 1 aromatic rings. The maximum absolute atomic E-state index is 11.6. The normalized spacial score (nSPS) is 14.8. The van der Waals surface area contributed by atoms with Gasteiger partial charge < -0.3 is 0 Å². The fourth-order valence-electron chi connectivity index (χ4n) is 1.38. The molecule has 0 fully saturated rings. The van der Waals surface area contributed by atoms with Crippen LogP contribution in [0.15, 0.2) is 29.4 Å². The molecule has 1 heterocycles. The Morgan fingerprint density at radius 2 is 1.60 bits per heavy atom. The van der Waals surface area contributed by atoms with Gasteiger partial charge in [0.15, 0.2) is 6.29 Å². The molecule has 0 radical (unpaired) electrons. The van der Waals surface area contributed by atoms with Crippen molar-refractivity contribution >= 4 is 24.3 Å². The van der Waals surface area contributed by atoms with Crippen molar-refractivity contribution in [2.45, 2.75) is 0 Å². The fraction of sp³-hybridized carbons (Fsp3) is 0. The monoisotopic (exact) mass is 202 g/mol. The van der Waals surface area contributed by atoms with Crippen molar-refractivity contribution in [3.8, 4) is 0 Å². The van der Waals surface area contributed by atoms with Crippen LogP contribution in [0.4, 0.5) is 0 Å². The average Bonchev–Trinajstić information content (AvgIpc) is 2.51. The van der Waals surface area contributed by atoms with Crippen LogP contribution in [0.3, 0.4) is 0 Å². The van der Waals surface area contributed by atoms with Crippen LogP contribution in [0.2, 0.25) is 0 Å². The second kappa shape index (κ2) is 3.45. The van der Waals surface area contributed by atoms with Crippen molar-refractivity contribution in [1.29, 1.82) is 0 Å². The summed E-state index contributed by atoms with van der Waals surface area (Å²) in [5.74, 6) is -1.01. The summed E-state index contributed by atoms with van der Waals surface area (Å²) in [7, 11) is 0. The number of rotatable bonds is 2. The summed E-state index contributed by atoms with van der Waals surface area (Å²) in [5.41, 5.74) is 0.621. The quantitative estimate of drug-likeness (QED) is 0.397. The van der Waals surface area contributed by atoms with Crippen LogP contribution in [-0.4, -0.2) is 29.3 Å². The zero-order chi connectivity index (χ0) is 10.8. The number of fused-ring (bicyclic) bond motifs is 1. The SMILES string of the molecule is O=CC=NN1C(=O)c2ccccc2C1=O. The Bertz CT molecular complexity index is 444. The Morgan fingerprint density at radius 3 is 2.07 bits per heavy atom. The lowest BCUT2D eigenvalue weighted by atomic mass is 10.1. The molecule has 1 aromatic carbocycles. The number of aldehydes is 1. The Balaban J connectivity index is 2.45. The third-order valence-electron chi connectivity index (χ3n) is 2.02. The lowest BCUT2D eigenvalue weighted by Gasteiger charge is -2.03. The van der Waals surface area contributed by atoms with E-state index in [9.17, 15) is 14.4 Å². The highest BCUT2D eigenvalue weighted by Crippen LogP contribution is 2.22. The molecule has 5 heteroatoms. The number of benzene rings is 1.